The van der Waals surface area contributed by atoms with Gasteiger partial charge in [0, 0.05) is 75.2 Å². The van der Waals surface area contributed by atoms with E-state index in [2.05, 4.69) is 63.6 Å². The lowest BCUT2D eigenvalue weighted by Gasteiger charge is -2.42. The number of piperidine rings is 1. The number of piperazine rings is 1. The minimum absolute atomic E-state index is 0.557. The zero-order chi connectivity index (χ0) is 33.6. The van der Waals surface area contributed by atoms with Gasteiger partial charge in [-0.15, -0.1) is 0 Å². The number of aromatic nitrogens is 3. The monoisotopic (exact) mass is 736 g/mol. The van der Waals surface area contributed by atoms with Crippen molar-refractivity contribution in [2.75, 3.05) is 82.3 Å². The predicted octanol–water partition coefficient (Wildman–Crippen LogP) is 4.42. The molecule has 0 saturated carbocycles. The average Bonchev–Trinajstić information content (AvgIpc) is 3.57. The molecule has 256 valence electrons. The largest absolute Gasteiger partial charge is 0.479 e. The Kier molecular flexibility index (Phi) is 9.16. The number of hydrogen-bond donors (Lipinski definition) is 3. The third-order valence-electron chi connectivity index (χ3n) is 10.2. The number of rotatable bonds is 7. The minimum Gasteiger partial charge on any atom is -0.479 e. The third-order valence-corrected chi connectivity index (χ3v) is 12.7. The lowest BCUT2D eigenvalue weighted by Crippen LogP contribution is -2.56. The molecular weight excluding hydrogens is 691 g/mol. The molecule has 0 radical (unpaired) electrons. The number of hydrogen-bond acceptors (Lipinski definition) is 12. The number of nitrogens with zero attached hydrogens (tertiary/aromatic N) is 7. The van der Waals surface area contributed by atoms with Crippen LogP contribution in [-0.4, -0.2) is 109 Å². The standard InChI is InChI=1S/C34H46BrN10O2P/c1-34(41-26-10-9-25-29(37-14-13-36-25)30(26)48(4,5)46)27(35)21-38-33(42-34)39-28-23-7-6-8-24(23)31(40-32(28)47-3)45-15-11-22(12-16-45)44-19-17-43(2)18-20-44/h9-10,13-14,21-22,41H,6-8,11-12,15-20H2,1-5H3,(H2,38,39,42). The van der Waals surface area contributed by atoms with Gasteiger partial charge in [-0.3, -0.25) is 14.9 Å². The number of pyridine rings is 1. The molecule has 3 N–H and O–H groups in total. The van der Waals surface area contributed by atoms with Crippen molar-refractivity contribution in [1.82, 2.24) is 30.1 Å². The molecule has 3 aromatic rings. The van der Waals surface area contributed by atoms with Crippen molar-refractivity contribution >= 4 is 62.6 Å². The van der Waals surface area contributed by atoms with Gasteiger partial charge in [-0.1, -0.05) is 0 Å². The van der Waals surface area contributed by atoms with E-state index in [4.69, 9.17) is 14.7 Å². The number of guanidine groups is 1. The third kappa shape index (κ3) is 6.42. The topological polar surface area (TPSA) is 123 Å². The van der Waals surface area contributed by atoms with Gasteiger partial charge in [-0.2, -0.15) is 4.98 Å². The van der Waals surface area contributed by atoms with Crippen molar-refractivity contribution in [2.45, 2.75) is 50.7 Å². The van der Waals surface area contributed by atoms with Gasteiger partial charge in [-0.05, 0) is 93.0 Å². The van der Waals surface area contributed by atoms with E-state index in [1.54, 1.807) is 39.0 Å². The molecule has 1 aromatic carbocycles. The number of fused-ring (bicyclic) bond motifs is 2. The molecule has 2 saturated heterocycles. The number of aliphatic imine (C=N–C) groups is 1. The van der Waals surface area contributed by atoms with E-state index < -0.39 is 12.8 Å². The summed E-state index contributed by atoms with van der Waals surface area (Å²) in [6.45, 7) is 12.2. The highest BCUT2D eigenvalue weighted by atomic mass is 79.9. The van der Waals surface area contributed by atoms with Crippen LogP contribution in [0.3, 0.4) is 0 Å². The molecule has 3 aliphatic heterocycles. The molecule has 48 heavy (non-hydrogen) atoms. The van der Waals surface area contributed by atoms with Crippen LogP contribution in [0.15, 0.2) is 40.2 Å². The molecule has 0 amide bonds. The van der Waals surface area contributed by atoms with E-state index in [0.717, 1.165) is 93.0 Å². The SMILES string of the molecule is COc1nc(N2CCC(N3CCN(C)CC3)CC2)c2c(c1NC1=NC=C(Br)C(C)(Nc3ccc4nccnc4c3P(C)(C)=O)N1)CCC2. The zero-order valence-electron chi connectivity index (χ0n) is 28.5. The first-order valence-electron chi connectivity index (χ1n) is 16.9. The molecule has 1 aliphatic carbocycles. The number of ether oxygens (including phenoxy) is 1. The average molecular weight is 738 g/mol. The van der Waals surface area contributed by atoms with E-state index in [1.807, 2.05) is 19.1 Å². The molecule has 12 nitrogen and oxygen atoms in total. The number of anilines is 3. The highest BCUT2D eigenvalue weighted by molar-refractivity contribution is 9.11. The molecule has 1 unspecified atom stereocenters. The van der Waals surface area contributed by atoms with Gasteiger partial charge in [0.25, 0.3) is 0 Å². The molecule has 4 aliphatic rings. The van der Waals surface area contributed by atoms with Gasteiger partial charge in [0.15, 0.2) is 0 Å². The van der Waals surface area contributed by atoms with E-state index in [9.17, 15) is 4.57 Å². The highest BCUT2D eigenvalue weighted by Crippen LogP contribution is 2.43. The van der Waals surface area contributed by atoms with Crippen molar-refractivity contribution in [2.24, 2.45) is 4.99 Å². The highest BCUT2D eigenvalue weighted by Gasteiger charge is 2.36. The first-order valence-corrected chi connectivity index (χ1v) is 20.3. The first-order chi connectivity index (χ1) is 23.0. The van der Waals surface area contributed by atoms with Gasteiger partial charge in [0.1, 0.15) is 29.8 Å². The Balaban J connectivity index is 1.12. The molecule has 2 aromatic heterocycles. The van der Waals surface area contributed by atoms with Crippen LogP contribution in [0, 0.1) is 0 Å². The Labute approximate surface area is 291 Å². The number of likely N-dealkylation sites (N-methyl/N-ethyl adjacent to an activating group) is 1. The fourth-order valence-corrected chi connectivity index (χ4v) is 9.27. The summed E-state index contributed by atoms with van der Waals surface area (Å²) in [6.07, 6.45) is 10.4. The number of halogens is 1. The van der Waals surface area contributed by atoms with E-state index in [1.165, 1.54) is 11.1 Å². The van der Waals surface area contributed by atoms with Gasteiger partial charge < -0.3 is 35.1 Å². The van der Waals surface area contributed by atoms with Crippen LogP contribution in [0.5, 0.6) is 5.88 Å². The zero-order valence-corrected chi connectivity index (χ0v) is 31.0. The van der Waals surface area contributed by atoms with Crippen molar-refractivity contribution < 1.29 is 9.30 Å². The van der Waals surface area contributed by atoms with Gasteiger partial charge in [0.05, 0.1) is 22.4 Å². The predicted molar refractivity (Wildman–Crippen MR) is 199 cm³/mol. The summed E-state index contributed by atoms with van der Waals surface area (Å²) in [5.74, 6) is 2.21. The van der Waals surface area contributed by atoms with Crippen LogP contribution in [0.2, 0.25) is 0 Å². The molecule has 7 rings (SSSR count). The van der Waals surface area contributed by atoms with Crippen molar-refractivity contribution in [1.29, 1.82) is 0 Å². The lowest BCUT2D eigenvalue weighted by atomic mass is 10.0. The normalized spacial score (nSPS) is 22.6. The summed E-state index contributed by atoms with van der Waals surface area (Å²) in [4.78, 5) is 26.4. The Bertz CT molecular complexity index is 1810. The molecule has 0 spiro atoms. The summed E-state index contributed by atoms with van der Waals surface area (Å²) < 4.78 is 20.3. The van der Waals surface area contributed by atoms with Crippen molar-refractivity contribution in [3.63, 3.8) is 0 Å². The van der Waals surface area contributed by atoms with Gasteiger partial charge >= 0.3 is 0 Å². The second kappa shape index (κ2) is 13.2. The summed E-state index contributed by atoms with van der Waals surface area (Å²) in [6, 6.07) is 4.47. The van der Waals surface area contributed by atoms with Crippen LogP contribution in [-0.2, 0) is 17.4 Å². The molecule has 14 heteroatoms. The maximum atomic E-state index is 13.6. The number of nitrogens with one attached hydrogen (secondary N) is 3. The van der Waals surface area contributed by atoms with Crippen molar-refractivity contribution in [3.05, 3.63) is 46.3 Å². The summed E-state index contributed by atoms with van der Waals surface area (Å²) in [5, 5.41) is 11.4. The maximum absolute atomic E-state index is 13.6. The fraction of sp³-hybridized carbons (Fsp3) is 0.529. The maximum Gasteiger partial charge on any atom is 0.239 e. The number of benzene rings is 1. The molecule has 5 heterocycles. The molecule has 0 bridgehead atoms. The Hall–Kier alpha value is -3.25. The molecule has 1 atom stereocenters. The smallest absolute Gasteiger partial charge is 0.239 e. The summed E-state index contributed by atoms with van der Waals surface area (Å²) in [7, 11) is 1.16. The van der Waals surface area contributed by atoms with E-state index >= 15 is 0 Å². The number of methoxy groups -OCH3 is 1. The Morgan fingerprint density at radius 2 is 1.77 bits per heavy atom. The van der Waals surface area contributed by atoms with Crippen LogP contribution < -0.4 is 30.9 Å². The fourth-order valence-electron chi connectivity index (χ4n) is 7.57. The Morgan fingerprint density at radius 3 is 2.50 bits per heavy atom. The molecule has 2 fully saturated rings. The van der Waals surface area contributed by atoms with Crippen LogP contribution >= 0.6 is 23.1 Å². The van der Waals surface area contributed by atoms with Crippen LogP contribution in [0.4, 0.5) is 17.2 Å². The van der Waals surface area contributed by atoms with Crippen LogP contribution in [0.1, 0.15) is 37.3 Å². The van der Waals surface area contributed by atoms with Crippen molar-refractivity contribution in [3.8, 4) is 5.88 Å². The van der Waals surface area contributed by atoms with E-state index in [0.29, 0.717) is 34.2 Å². The van der Waals surface area contributed by atoms with Crippen LogP contribution in [0.25, 0.3) is 11.0 Å². The van der Waals surface area contributed by atoms with Gasteiger partial charge in [-0.25, -0.2) is 4.99 Å². The summed E-state index contributed by atoms with van der Waals surface area (Å²) >= 11 is 3.73. The lowest BCUT2D eigenvalue weighted by molar-refractivity contribution is 0.0981. The second-order valence-electron chi connectivity index (χ2n) is 13.9. The minimum atomic E-state index is -2.74. The van der Waals surface area contributed by atoms with Gasteiger partial charge in [0.2, 0.25) is 11.8 Å². The quantitative estimate of drug-likeness (QED) is 0.299. The summed E-state index contributed by atoms with van der Waals surface area (Å²) in [5.41, 5.74) is 4.67. The first kappa shape index (κ1) is 33.3. The Morgan fingerprint density at radius 1 is 1.04 bits per heavy atom. The second-order valence-corrected chi connectivity index (χ2v) is 17.9. The van der Waals surface area contributed by atoms with E-state index in [-0.39, 0.29) is 0 Å². The molecular formula is C34H46BrN10O2P.